The lowest BCUT2D eigenvalue weighted by atomic mass is 9.62. The van der Waals surface area contributed by atoms with Gasteiger partial charge in [0.15, 0.2) is 0 Å². The van der Waals surface area contributed by atoms with Gasteiger partial charge in [0, 0.05) is 22.4 Å². The minimum atomic E-state index is -0.417. The average molecular weight is 486 g/mol. The molecule has 116 valence electrons. The van der Waals surface area contributed by atoms with Gasteiger partial charge in [0.05, 0.1) is 13.9 Å². The molecule has 0 amide bonds. The number of rotatable bonds is 5. The van der Waals surface area contributed by atoms with Gasteiger partial charge in [-0.25, -0.2) is 0 Å². The van der Waals surface area contributed by atoms with Gasteiger partial charge in [-0.05, 0) is 51.1 Å². The Morgan fingerprint density at radius 3 is 2.24 bits per heavy atom. The first-order valence-corrected chi connectivity index (χ1v) is 9.30. The molecular weight excluding hydrogens is 470 g/mol. The van der Waals surface area contributed by atoms with E-state index in [9.17, 15) is 10.1 Å². The smallest absolute Gasteiger partial charge is 0.271 e. The molecule has 1 aromatic rings. The highest BCUT2D eigenvalue weighted by atomic mass is 79.9. The lowest BCUT2D eigenvalue weighted by Gasteiger charge is -2.52. The molecule has 2 atom stereocenters. The number of nitro groups is 1. The van der Waals surface area contributed by atoms with Crippen LogP contribution in [0.3, 0.4) is 0 Å². The van der Waals surface area contributed by atoms with Crippen LogP contribution in [0.4, 0.5) is 5.69 Å². The van der Waals surface area contributed by atoms with Crippen LogP contribution in [-0.2, 0) is 0 Å². The summed E-state index contributed by atoms with van der Waals surface area (Å²) in [6, 6.07) is 2.95. The fraction of sp³-hybridized carbons (Fsp3) is 0.571. The summed E-state index contributed by atoms with van der Waals surface area (Å²) >= 11 is 10.5. The van der Waals surface area contributed by atoms with Gasteiger partial charge in [-0.15, -0.1) is 0 Å². The highest BCUT2D eigenvalue weighted by molar-refractivity contribution is 9.11. The normalized spacial score (nSPS) is 23.5. The van der Waals surface area contributed by atoms with Gasteiger partial charge in [0.1, 0.15) is 11.9 Å². The molecule has 0 aromatic heterocycles. The Morgan fingerprint density at radius 2 is 1.86 bits per heavy atom. The molecule has 0 radical (unpaired) electrons. The molecule has 2 unspecified atom stereocenters. The molecule has 1 fully saturated rings. The molecule has 0 heterocycles. The van der Waals surface area contributed by atoms with Crippen LogP contribution in [0, 0.1) is 15.5 Å². The Labute approximate surface area is 149 Å². The number of hydrogen-bond donors (Lipinski definition) is 0. The predicted molar refractivity (Wildman–Crippen MR) is 93.3 cm³/mol. The second-order valence-electron chi connectivity index (χ2n) is 5.25. The van der Waals surface area contributed by atoms with Crippen LogP contribution in [0.15, 0.2) is 21.1 Å². The molecule has 1 aliphatic carbocycles. The van der Waals surface area contributed by atoms with E-state index in [1.54, 1.807) is 0 Å². The summed E-state index contributed by atoms with van der Waals surface area (Å²) in [6.07, 6.45) is 3.13. The SMILES string of the molecule is CCC1(CC)C(Br)CC1Oc1c(Br)cc([N+](=O)[O-])cc1Br. The second kappa shape index (κ2) is 6.54. The molecule has 0 bridgehead atoms. The van der Waals surface area contributed by atoms with E-state index in [2.05, 4.69) is 61.6 Å². The zero-order chi connectivity index (χ0) is 15.8. The highest BCUT2D eigenvalue weighted by Gasteiger charge is 2.53. The van der Waals surface area contributed by atoms with Crippen molar-refractivity contribution in [2.24, 2.45) is 5.41 Å². The molecule has 0 aliphatic heterocycles. The lowest BCUT2D eigenvalue weighted by molar-refractivity contribution is -0.385. The van der Waals surface area contributed by atoms with Crippen molar-refractivity contribution in [1.82, 2.24) is 0 Å². The van der Waals surface area contributed by atoms with Crippen molar-refractivity contribution < 1.29 is 9.66 Å². The van der Waals surface area contributed by atoms with Gasteiger partial charge in [-0.3, -0.25) is 10.1 Å². The quantitative estimate of drug-likeness (QED) is 0.299. The van der Waals surface area contributed by atoms with Crippen LogP contribution >= 0.6 is 47.8 Å². The maximum atomic E-state index is 10.9. The zero-order valence-electron chi connectivity index (χ0n) is 11.7. The minimum Gasteiger partial charge on any atom is -0.487 e. The number of benzene rings is 1. The van der Waals surface area contributed by atoms with E-state index < -0.39 is 4.92 Å². The van der Waals surface area contributed by atoms with E-state index in [1.807, 2.05) is 0 Å². The third-order valence-corrected chi connectivity index (χ3v) is 6.92. The van der Waals surface area contributed by atoms with Gasteiger partial charge >= 0.3 is 0 Å². The van der Waals surface area contributed by atoms with Gasteiger partial charge in [-0.1, -0.05) is 29.8 Å². The molecule has 7 heteroatoms. The fourth-order valence-electron chi connectivity index (χ4n) is 2.92. The topological polar surface area (TPSA) is 52.4 Å². The second-order valence-corrected chi connectivity index (χ2v) is 8.06. The Balaban J connectivity index is 2.27. The molecule has 0 spiro atoms. The van der Waals surface area contributed by atoms with Crippen molar-refractivity contribution in [2.45, 2.75) is 44.0 Å². The summed E-state index contributed by atoms with van der Waals surface area (Å²) in [4.78, 5) is 10.9. The van der Waals surface area contributed by atoms with Crippen molar-refractivity contribution in [3.8, 4) is 5.75 Å². The van der Waals surface area contributed by atoms with Crippen molar-refractivity contribution in [1.29, 1.82) is 0 Å². The van der Waals surface area contributed by atoms with Crippen LogP contribution in [0.1, 0.15) is 33.1 Å². The van der Waals surface area contributed by atoms with Gasteiger partial charge in [-0.2, -0.15) is 0 Å². The molecule has 21 heavy (non-hydrogen) atoms. The highest BCUT2D eigenvalue weighted by Crippen LogP contribution is 2.54. The number of nitro benzene ring substituents is 1. The number of hydrogen-bond acceptors (Lipinski definition) is 3. The molecule has 1 aliphatic rings. The van der Waals surface area contributed by atoms with E-state index in [-0.39, 0.29) is 17.2 Å². The number of ether oxygens (including phenoxy) is 1. The number of nitrogens with zero attached hydrogens (tertiary/aromatic N) is 1. The molecule has 2 rings (SSSR count). The third kappa shape index (κ3) is 3.01. The number of alkyl halides is 1. The minimum absolute atomic E-state index is 0.0327. The van der Waals surface area contributed by atoms with Crippen molar-refractivity contribution in [2.75, 3.05) is 0 Å². The summed E-state index contributed by atoms with van der Waals surface area (Å²) in [5.41, 5.74) is 0.158. The van der Waals surface area contributed by atoms with E-state index in [1.165, 1.54) is 12.1 Å². The van der Waals surface area contributed by atoms with Crippen molar-refractivity contribution in [3.05, 3.63) is 31.2 Å². The summed E-state index contributed by atoms with van der Waals surface area (Å²) in [6.45, 7) is 4.35. The first kappa shape index (κ1) is 17.2. The number of non-ortho nitro benzene ring substituents is 1. The van der Waals surface area contributed by atoms with Crippen LogP contribution in [0.25, 0.3) is 0 Å². The summed E-state index contributed by atoms with van der Waals surface area (Å²) in [5, 5.41) is 10.9. The molecular formula is C14H16Br3NO3. The van der Waals surface area contributed by atoms with E-state index >= 15 is 0 Å². The summed E-state index contributed by atoms with van der Waals surface area (Å²) in [7, 11) is 0. The Bertz CT molecular complexity index is 537. The monoisotopic (exact) mass is 483 g/mol. The molecule has 0 saturated heterocycles. The maximum Gasteiger partial charge on any atom is 0.271 e. The lowest BCUT2D eigenvalue weighted by Crippen LogP contribution is -2.56. The number of halogens is 3. The largest absolute Gasteiger partial charge is 0.487 e. The van der Waals surface area contributed by atoms with E-state index in [4.69, 9.17) is 4.74 Å². The predicted octanol–water partition coefficient (Wildman–Crippen LogP) is 5.84. The van der Waals surface area contributed by atoms with Crippen molar-refractivity contribution >= 4 is 53.5 Å². The fourth-order valence-corrected chi connectivity index (χ4v) is 5.55. The standard InChI is InChI=1S/C14H16Br3NO3/c1-3-14(4-2)11(17)7-12(14)21-13-9(15)5-8(18(19)20)6-10(13)16/h5-6,11-12H,3-4,7H2,1-2H3. The van der Waals surface area contributed by atoms with Crippen LogP contribution in [0.5, 0.6) is 5.75 Å². The van der Waals surface area contributed by atoms with E-state index in [0.29, 0.717) is 19.5 Å². The maximum absolute atomic E-state index is 10.9. The van der Waals surface area contributed by atoms with Gasteiger partial charge in [0.25, 0.3) is 5.69 Å². The van der Waals surface area contributed by atoms with Crippen LogP contribution in [0.2, 0.25) is 0 Å². The Hall–Kier alpha value is -0.140. The van der Waals surface area contributed by atoms with E-state index in [0.717, 1.165) is 19.3 Å². The Morgan fingerprint density at radius 1 is 1.33 bits per heavy atom. The first-order valence-electron chi connectivity index (χ1n) is 6.79. The molecule has 0 N–H and O–H groups in total. The van der Waals surface area contributed by atoms with Crippen LogP contribution < -0.4 is 4.74 Å². The zero-order valence-corrected chi connectivity index (χ0v) is 16.5. The molecule has 4 nitrogen and oxygen atoms in total. The average Bonchev–Trinajstić information content (AvgIpc) is 2.42. The van der Waals surface area contributed by atoms with Crippen LogP contribution in [-0.4, -0.2) is 15.9 Å². The summed E-state index contributed by atoms with van der Waals surface area (Å²) in [5.74, 6) is 0.635. The third-order valence-electron chi connectivity index (χ3n) is 4.46. The summed E-state index contributed by atoms with van der Waals surface area (Å²) < 4.78 is 7.37. The van der Waals surface area contributed by atoms with Crippen molar-refractivity contribution in [3.63, 3.8) is 0 Å². The molecule has 1 saturated carbocycles. The van der Waals surface area contributed by atoms with Gasteiger partial charge in [0.2, 0.25) is 0 Å². The van der Waals surface area contributed by atoms with Gasteiger partial charge < -0.3 is 4.74 Å². The first-order chi connectivity index (χ1) is 9.85. The molecule has 1 aromatic carbocycles. The Kier molecular flexibility index (Phi) is 5.36.